The molecule has 0 unspecified atom stereocenters. The predicted molar refractivity (Wildman–Crippen MR) is 219 cm³/mol. The lowest BCUT2D eigenvalue weighted by atomic mass is 10.1. The first kappa shape index (κ1) is 36.8. The molecule has 2 aliphatic rings. The fourth-order valence-corrected chi connectivity index (χ4v) is 10.5. The Labute approximate surface area is 308 Å². The monoisotopic (exact) mass is 710 g/mol. The molecule has 0 fully saturated rings. The summed E-state index contributed by atoms with van der Waals surface area (Å²) in [5.74, 6) is 0.0286. The maximum Gasteiger partial charge on any atom is 0.260 e. The lowest BCUT2D eigenvalue weighted by Gasteiger charge is -2.18. The van der Waals surface area contributed by atoms with Crippen LogP contribution in [-0.4, -0.2) is 24.9 Å². The second-order valence-corrected chi connectivity index (χ2v) is 16.7. The number of thiophene rings is 2. The zero-order valence-electron chi connectivity index (χ0n) is 30.7. The number of rotatable bonds is 22. The van der Waals surface area contributed by atoms with E-state index in [1.807, 2.05) is 9.80 Å². The second-order valence-electron chi connectivity index (χ2n) is 14.6. The summed E-state index contributed by atoms with van der Waals surface area (Å²) in [6.45, 7) is 5.95. The van der Waals surface area contributed by atoms with Crippen molar-refractivity contribution in [3.8, 4) is 0 Å². The van der Waals surface area contributed by atoms with Crippen LogP contribution in [0.25, 0.3) is 31.3 Å². The van der Waals surface area contributed by atoms with Crippen molar-refractivity contribution in [2.45, 2.75) is 142 Å². The van der Waals surface area contributed by atoms with Crippen LogP contribution in [0.15, 0.2) is 48.5 Å². The van der Waals surface area contributed by atoms with Gasteiger partial charge in [-0.05, 0) is 25.0 Å². The molecule has 0 bridgehead atoms. The van der Waals surface area contributed by atoms with Crippen molar-refractivity contribution in [3.05, 3.63) is 58.3 Å². The van der Waals surface area contributed by atoms with Gasteiger partial charge in [0.2, 0.25) is 0 Å². The minimum absolute atomic E-state index is 0.0143. The van der Waals surface area contributed by atoms with Crippen molar-refractivity contribution < 1.29 is 9.59 Å². The van der Waals surface area contributed by atoms with Gasteiger partial charge in [-0.3, -0.25) is 9.59 Å². The SMILES string of the molecule is CCCCCCCCCCCCN1C(=O)C(=C2C(=O)N(CCCCCCCCCCCC)c3c2sc2ccccc32)c2sc3ccccc3c21. The molecule has 2 amide bonds. The number of hydrogen-bond acceptors (Lipinski definition) is 4. The van der Waals surface area contributed by atoms with Gasteiger partial charge in [0.05, 0.1) is 32.3 Å². The smallest absolute Gasteiger partial charge is 0.260 e. The summed E-state index contributed by atoms with van der Waals surface area (Å²) in [5, 5.41) is 2.26. The Morgan fingerprint density at radius 1 is 0.440 bits per heavy atom. The lowest BCUT2D eigenvalue weighted by Crippen LogP contribution is -2.30. The fraction of sp³-hybridized carbons (Fsp3) is 0.545. The largest absolute Gasteiger partial charge is 0.306 e. The van der Waals surface area contributed by atoms with Crippen molar-refractivity contribution in [3.63, 3.8) is 0 Å². The van der Waals surface area contributed by atoms with E-state index >= 15 is 0 Å². The summed E-state index contributed by atoms with van der Waals surface area (Å²) in [6, 6.07) is 16.9. The maximum atomic E-state index is 14.6. The third-order valence-electron chi connectivity index (χ3n) is 10.8. The van der Waals surface area contributed by atoms with E-state index in [0.717, 1.165) is 57.6 Å². The van der Waals surface area contributed by atoms with E-state index in [1.165, 1.54) is 112 Å². The maximum absolute atomic E-state index is 14.6. The van der Waals surface area contributed by atoms with E-state index in [9.17, 15) is 9.59 Å². The molecule has 0 spiro atoms. The summed E-state index contributed by atoms with van der Waals surface area (Å²) in [6.07, 6.45) is 25.3. The highest BCUT2D eigenvalue weighted by Crippen LogP contribution is 2.55. The van der Waals surface area contributed by atoms with Crippen molar-refractivity contribution >= 4 is 77.2 Å². The first-order chi connectivity index (χ1) is 24.7. The van der Waals surface area contributed by atoms with Crippen LogP contribution in [0.3, 0.4) is 0 Å². The van der Waals surface area contributed by atoms with Gasteiger partial charge < -0.3 is 9.80 Å². The third kappa shape index (κ3) is 8.23. The Bertz CT molecular complexity index is 1640. The molecule has 4 aromatic rings. The summed E-state index contributed by atoms with van der Waals surface area (Å²) >= 11 is 3.36. The number of carbonyl (C=O) groups excluding carboxylic acids is 2. The van der Waals surface area contributed by atoms with Crippen LogP contribution in [0.2, 0.25) is 0 Å². The number of carbonyl (C=O) groups is 2. The van der Waals surface area contributed by atoms with Gasteiger partial charge in [-0.25, -0.2) is 0 Å². The molecular formula is C44H58N2O2S2. The van der Waals surface area contributed by atoms with Crippen LogP contribution in [0, 0.1) is 0 Å². The highest BCUT2D eigenvalue weighted by atomic mass is 32.1. The van der Waals surface area contributed by atoms with Gasteiger partial charge in [-0.15, -0.1) is 22.7 Å². The molecule has 4 heterocycles. The number of anilines is 2. The van der Waals surface area contributed by atoms with E-state index in [0.29, 0.717) is 24.2 Å². The normalized spacial score (nSPS) is 15.7. The fourth-order valence-electron chi connectivity index (χ4n) is 7.99. The first-order valence-corrected chi connectivity index (χ1v) is 21.7. The molecule has 0 N–H and O–H groups in total. The molecule has 6 heteroatoms. The van der Waals surface area contributed by atoms with Gasteiger partial charge in [0.15, 0.2) is 0 Å². The molecule has 268 valence electrons. The average molecular weight is 711 g/mol. The molecule has 2 aromatic heterocycles. The second kappa shape index (κ2) is 18.5. The van der Waals surface area contributed by atoms with Crippen LogP contribution in [0.1, 0.15) is 152 Å². The summed E-state index contributed by atoms with van der Waals surface area (Å²) in [5.41, 5.74) is 3.32. The van der Waals surface area contributed by atoms with Crippen LogP contribution >= 0.6 is 22.7 Å². The third-order valence-corrected chi connectivity index (χ3v) is 13.1. The Kier molecular flexibility index (Phi) is 13.6. The summed E-state index contributed by atoms with van der Waals surface area (Å²) in [7, 11) is 0. The van der Waals surface area contributed by atoms with Crippen LogP contribution in [0.5, 0.6) is 0 Å². The Morgan fingerprint density at radius 2 is 0.760 bits per heavy atom. The standard InChI is InChI=1S/C44H58N2O2S2/c1-3-5-7-9-11-13-15-17-19-25-31-45-39-33-27-21-23-29-35(33)49-41(39)37(43(45)47)38-42-40(34-28-22-24-30-36(34)50-42)46(44(38)48)32-26-20-18-16-14-12-10-8-6-4-2/h21-24,27-30H,3-20,25-26,31-32H2,1-2H3. The number of amides is 2. The lowest BCUT2D eigenvalue weighted by molar-refractivity contribution is -0.114. The number of fused-ring (bicyclic) bond motifs is 6. The number of unbranched alkanes of at least 4 members (excludes halogenated alkanes) is 18. The van der Waals surface area contributed by atoms with E-state index < -0.39 is 0 Å². The van der Waals surface area contributed by atoms with Gasteiger partial charge in [0.25, 0.3) is 11.8 Å². The summed E-state index contributed by atoms with van der Waals surface area (Å²) < 4.78 is 2.36. The van der Waals surface area contributed by atoms with Crippen molar-refractivity contribution in [2.75, 3.05) is 22.9 Å². The van der Waals surface area contributed by atoms with E-state index in [2.05, 4.69) is 62.4 Å². The topological polar surface area (TPSA) is 40.6 Å². The zero-order chi connectivity index (χ0) is 34.7. The highest BCUT2D eigenvalue weighted by molar-refractivity contribution is 7.23. The molecule has 50 heavy (non-hydrogen) atoms. The van der Waals surface area contributed by atoms with E-state index in [1.54, 1.807) is 22.7 Å². The highest BCUT2D eigenvalue weighted by Gasteiger charge is 2.45. The molecule has 0 radical (unpaired) electrons. The molecule has 0 atom stereocenters. The van der Waals surface area contributed by atoms with Gasteiger partial charge in [-0.1, -0.05) is 166 Å². The molecule has 0 saturated carbocycles. The minimum atomic E-state index is 0.0143. The van der Waals surface area contributed by atoms with Crippen molar-refractivity contribution in [1.29, 1.82) is 0 Å². The predicted octanol–water partition coefficient (Wildman–Crippen LogP) is 13.6. The molecule has 4 nitrogen and oxygen atoms in total. The van der Waals surface area contributed by atoms with Gasteiger partial charge >= 0.3 is 0 Å². The summed E-state index contributed by atoms with van der Waals surface area (Å²) in [4.78, 5) is 35.2. The Balaban J connectivity index is 1.19. The van der Waals surface area contributed by atoms with Crippen molar-refractivity contribution in [2.24, 2.45) is 0 Å². The number of benzene rings is 2. The van der Waals surface area contributed by atoms with Crippen LogP contribution in [-0.2, 0) is 9.59 Å². The minimum Gasteiger partial charge on any atom is -0.306 e. The zero-order valence-corrected chi connectivity index (χ0v) is 32.3. The first-order valence-electron chi connectivity index (χ1n) is 20.1. The van der Waals surface area contributed by atoms with Gasteiger partial charge in [-0.2, -0.15) is 0 Å². The van der Waals surface area contributed by atoms with Crippen LogP contribution in [0.4, 0.5) is 11.4 Å². The molecular weight excluding hydrogens is 653 g/mol. The Hall–Kier alpha value is -2.96. The van der Waals surface area contributed by atoms with Crippen LogP contribution < -0.4 is 9.80 Å². The van der Waals surface area contributed by atoms with Crippen molar-refractivity contribution in [1.82, 2.24) is 0 Å². The van der Waals surface area contributed by atoms with E-state index in [-0.39, 0.29) is 11.8 Å². The molecule has 2 aromatic carbocycles. The van der Waals surface area contributed by atoms with Gasteiger partial charge in [0, 0.05) is 33.3 Å². The molecule has 0 aliphatic carbocycles. The average Bonchev–Trinajstić information content (AvgIpc) is 3.83. The molecule has 6 rings (SSSR count). The quantitative estimate of drug-likeness (QED) is 0.0602. The molecule has 0 saturated heterocycles. The number of hydrogen-bond donors (Lipinski definition) is 0. The Morgan fingerprint density at radius 3 is 1.12 bits per heavy atom. The van der Waals surface area contributed by atoms with E-state index in [4.69, 9.17) is 0 Å². The molecule has 2 aliphatic heterocycles. The van der Waals surface area contributed by atoms with Gasteiger partial charge in [0.1, 0.15) is 0 Å². The number of nitrogens with zero attached hydrogens (tertiary/aromatic N) is 2.